The average Bonchev–Trinajstić information content (AvgIpc) is 2.72. The number of hydrogen-bond donors (Lipinski definition) is 1. The zero-order valence-electron chi connectivity index (χ0n) is 16.9. The topological polar surface area (TPSA) is 59.0 Å². The molecular weight excluding hydrogens is 434 g/mol. The van der Waals surface area contributed by atoms with Gasteiger partial charge in [0.1, 0.15) is 6.04 Å². The number of likely N-dealkylation sites (tertiary alicyclic amines) is 1. The predicted octanol–water partition coefficient (Wildman–Crippen LogP) is 5.28. The molecule has 1 heterocycles. The van der Waals surface area contributed by atoms with Crippen molar-refractivity contribution in [3.05, 3.63) is 58.1 Å². The van der Waals surface area contributed by atoms with E-state index in [0.717, 1.165) is 35.0 Å². The van der Waals surface area contributed by atoms with E-state index in [1.165, 1.54) is 0 Å². The molecule has 6 heteroatoms. The Hall–Kier alpha value is -2.05. The molecule has 5 nitrogen and oxygen atoms in total. The second-order valence-electron chi connectivity index (χ2n) is 7.08. The van der Waals surface area contributed by atoms with Crippen LogP contribution in [0.5, 0.6) is 11.5 Å². The van der Waals surface area contributed by atoms with Gasteiger partial charge in [-0.2, -0.15) is 0 Å². The van der Waals surface area contributed by atoms with Crippen LogP contribution >= 0.6 is 15.9 Å². The summed E-state index contributed by atoms with van der Waals surface area (Å²) in [4.78, 5) is 14.1. The maximum absolute atomic E-state index is 12.0. The molecular formula is C23H28BrNO4. The molecule has 0 saturated carbocycles. The summed E-state index contributed by atoms with van der Waals surface area (Å²) in [6, 6.07) is 13.2. The van der Waals surface area contributed by atoms with Crippen molar-refractivity contribution in [2.75, 3.05) is 19.8 Å². The monoisotopic (exact) mass is 461 g/mol. The van der Waals surface area contributed by atoms with Gasteiger partial charge in [0.05, 0.1) is 19.3 Å². The molecule has 0 aromatic heterocycles. The van der Waals surface area contributed by atoms with Crippen molar-refractivity contribution in [2.24, 2.45) is 0 Å². The third kappa shape index (κ3) is 4.93. The van der Waals surface area contributed by atoms with Crippen LogP contribution in [0.25, 0.3) is 0 Å². The smallest absolute Gasteiger partial charge is 0.320 e. The van der Waals surface area contributed by atoms with Crippen molar-refractivity contribution >= 4 is 21.9 Å². The third-order valence-electron chi connectivity index (χ3n) is 5.24. The van der Waals surface area contributed by atoms with E-state index in [1.807, 2.05) is 50.2 Å². The van der Waals surface area contributed by atoms with Crippen molar-refractivity contribution in [1.82, 2.24) is 4.90 Å². The van der Waals surface area contributed by atoms with Crippen molar-refractivity contribution < 1.29 is 19.4 Å². The molecule has 0 spiro atoms. The number of benzene rings is 2. The minimum atomic E-state index is -0.766. The zero-order valence-corrected chi connectivity index (χ0v) is 18.5. The van der Waals surface area contributed by atoms with Crippen LogP contribution in [0, 0.1) is 0 Å². The molecule has 1 N–H and O–H groups in total. The van der Waals surface area contributed by atoms with Crippen molar-refractivity contribution in [3.63, 3.8) is 0 Å². The number of ether oxygens (including phenoxy) is 2. The highest BCUT2D eigenvalue weighted by molar-refractivity contribution is 9.10. The fourth-order valence-electron chi connectivity index (χ4n) is 4.01. The van der Waals surface area contributed by atoms with E-state index < -0.39 is 12.0 Å². The first-order valence-corrected chi connectivity index (χ1v) is 11.0. The van der Waals surface area contributed by atoms with Gasteiger partial charge in [-0.25, -0.2) is 0 Å². The second kappa shape index (κ2) is 10.1. The van der Waals surface area contributed by atoms with Gasteiger partial charge in [0.15, 0.2) is 11.5 Å². The Morgan fingerprint density at radius 2 is 1.86 bits per heavy atom. The standard InChI is InChI=1S/C23H28BrNO4/c1-3-28-20-13-12-16(15-21(20)29-4-2)22(17-9-5-6-10-18(17)24)25-14-8-7-11-19(25)23(26)27/h5-6,9-10,12-13,15,19,22H,3-4,7-8,11,14H2,1-2H3,(H,26,27). The van der Waals surface area contributed by atoms with Crippen molar-refractivity contribution in [3.8, 4) is 11.5 Å². The second-order valence-corrected chi connectivity index (χ2v) is 7.94. The lowest BCUT2D eigenvalue weighted by Crippen LogP contribution is -2.46. The maximum Gasteiger partial charge on any atom is 0.320 e. The Bertz CT molecular complexity index is 841. The zero-order chi connectivity index (χ0) is 20.8. The third-order valence-corrected chi connectivity index (χ3v) is 5.97. The number of halogens is 1. The van der Waals surface area contributed by atoms with Gasteiger partial charge in [-0.05, 0) is 62.6 Å². The van der Waals surface area contributed by atoms with Crippen LogP contribution in [0.15, 0.2) is 46.9 Å². The predicted molar refractivity (Wildman–Crippen MR) is 117 cm³/mol. The summed E-state index contributed by atoms with van der Waals surface area (Å²) in [5, 5.41) is 9.88. The molecule has 2 unspecified atom stereocenters. The summed E-state index contributed by atoms with van der Waals surface area (Å²) in [5.74, 6) is 0.628. The lowest BCUT2D eigenvalue weighted by molar-refractivity contribution is -0.145. The SMILES string of the molecule is CCOc1ccc(C(c2ccccc2Br)N2CCCCC2C(=O)O)cc1OCC. The van der Waals surface area contributed by atoms with Crippen LogP contribution in [-0.4, -0.2) is 41.8 Å². The molecule has 1 aliphatic rings. The molecule has 29 heavy (non-hydrogen) atoms. The van der Waals surface area contributed by atoms with E-state index in [9.17, 15) is 9.90 Å². The number of aliphatic carboxylic acids is 1. The van der Waals surface area contributed by atoms with Crippen LogP contribution in [0.1, 0.15) is 50.3 Å². The average molecular weight is 462 g/mol. The van der Waals surface area contributed by atoms with Gasteiger partial charge in [0.25, 0.3) is 0 Å². The molecule has 0 aliphatic carbocycles. The van der Waals surface area contributed by atoms with Gasteiger partial charge in [0, 0.05) is 4.47 Å². The summed E-state index contributed by atoms with van der Waals surface area (Å²) >= 11 is 3.68. The number of piperidine rings is 1. The van der Waals surface area contributed by atoms with Gasteiger partial charge in [-0.3, -0.25) is 9.69 Å². The molecule has 0 radical (unpaired) electrons. The van der Waals surface area contributed by atoms with Crippen LogP contribution in [0.3, 0.4) is 0 Å². The number of carboxylic acids is 1. The molecule has 2 aromatic rings. The van der Waals surface area contributed by atoms with Crippen LogP contribution in [0.4, 0.5) is 0 Å². The van der Waals surface area contributed by atoms with Crippen LogP contribution in [-0.2, 0) is 4.79 Å². The maximum atomic E-state index is 12.0. The Morgan fingerprint density at radius 3 is 2.55 bits per heavy atom. The quantitative estimate of drug-likeness (QED) is 0.579. The minimum absolute atomic E-state index is 0.193. The summed E-state index contributed by atoms with van der Waals surface area (Å²) in [6.45, 7) is 5.71. The fraction of sp³-hybridized carbons (Fsp3) is 0.435. The molecule has 0 amide bonds. The normalized spacial score (nSPS) is 18.2. The molecule has 2 aromatic carbocycles. The van der Waals surface area contributed by atoms with Gasteiger partial charge >= 0.3 is 5.97 Å². The van der Waals surface area contributed by atoms with Gasteiger partial charge in [-0.15, -0.1) is 0 Å². The highest BCUT2D eigenvalue weighted by Crippen LogP contribution is 2.40. The summed E-state index contributed by atoms with van der Waals surface area (Å²) in [7, 11) is 0. The lowest BCUT2D eigenvalue weighted by Gasteiger charge is -2.40. The van der Waals surface area contributed by atoms with Crippen molar-refractivity contribution in [2.45, 2.75) is 45.2 Å². The molecule has 1 aliphatic heterocycles. The first-order valence-electron chi connectivity index (χ1n) is 10.2. The van der Waals surface area contributed by atoms with E-state index in [4.69, 9.17) is 9.47 Å². The van der Waals surface area contributed by atoms with E-state index in [2.05, 4.69) is 26.9 Å². The van der Waals surface area contributed by atoms with Gasteiger partial charge in [-0.1, -0.05) is 46.6 Å². The fourth-order valence-corrected chi connectivity index (χ4v) is 4.51. The molecule has 3 rings (SSSR count). The Balaban J connectivity index is 2.12. The first kappa shape index (κ1) is 21.7. The highest BCUT2D eigenvalue weighted by atomic mass is 79.9. The van der Waals surface area contributed by atoms with Gasteiger partial charge in [0.2, 0.25) is 0 Å². The van der Waals surface area contributed by atoms with E-state index in [-0.39, 0.29) is 6.04 Å². The van der Waals surface area contributed by atoms with Gasteiger partial charge < -0.3 is 14.6 Å². The van der Waals surface area contributed by atoms with E-state index >= 15 is 0 Å². The van der Waals surface area contributed by atoms with E-state index in [0.29, 0.717) is 31.1 Å². The molecule has 0 bridgehead atoms. The molecule has 1 fully saturated rings. The summed E-state index contributed by atoms with van der Waals surface area (Å²) < 4.78 is 12.5. The highest BCUT2D eigenvalue weighted by Gasteiger charge is 2.36. The molecule has 156 valence electrons. The summed E-state index contributed by atoms with van der Waals surface area (Å²) in [5.41, 5.74) is 2.05. The number of hydrogen-bond acceptors (Lipinski definition) is 4. The summed E-state index contributed by atoms with van der Waals surface area (Å²) in [6.07, 6.45) is 2.58. The number of carbonyl (C=O) groups is 1. The Morgan fingerprint density at radius 1 is 1.14 bits per heavy atom. The van der Waals surface area contributed by atoms with Crippen LogP contribution < -0.4 is 9.47 Å². The lowest BCUT2D eigenvalue weighted by atomic mass is 9.91. The number of rotatable bonds is 8. The Kier molecular flexibility index (Phi) is 7.56. The molecule has 2 atom stereocenters. The Labute approximate surface area is 180 Å². The minimum Gasteiger partial charge on any atom is -0.490 e. The number of nitrogens with zero attached hydrogens (tertiary/aromatic N) is 1. The largest absolute Gasteiger partial charge is 0.490 e. The molecule has 1 saturated heterocycles. The van der Waals surface area contributed by atoms with Crippen molar-refractivity contribution in [1.29, 1.82) is 0 Å². The first-order chi connectivity index (χ1) is 14.1. The van der Waals surface area contributed by atoms with E-state index in [1.54, 1.807) is 0 Å². The van der Waals surface area contributed by atoms with Crippen LogP contribution in [0.2, 0.25) is 0 Å². The number of carboxylic acid groups (broad SMARTS) is 1.